The van der Waals surface area contributed by atoms with Crippen molar-refractivity contribution in [2.24, 2.45) is 9.98 Å². The van der Waals surface area contributed by atoms with Gasteiger partial charge in [0.25, 0.3) is 11.6 Å². The van der Waals surface area contributed by atoms with E-state index in [9.17, 15) is 10.2 Å². The second kappa shape index (κ2) is 18.6. The Morgan fingerprint density at radius 2 is 1.04 bits per heavy atom. The Bertz CT molecular complexity index is 1630. The zero-order valence-corrected chi connectivity index (χ0v) is 33.6. The number of halogens is 3. The van der Waals surface area contributed by atoms with Crippen LogP contribution in [0.4, 0.5) is 0 Å². The summed E-state index contributed by atoms with van der Waals surface area (Å²) < 4.78 is 4.28. The summed E-state index contributed by atoms with van der Waals surface area (Å²) in [5, 5.41) is 27.3. The van der Waals surface area contributed by atoms with Gasteiger partial charge in [0, 0.05) is 26.3 Å². The molecule has 273 valence electrons. The number of aliphatic imine (C=N–C) groups is 2. The second-order valence-electron chi connectivity index (χ2n) is 14.9. The van der Waals surface area contributed by atoms with E-state index in [0.29, 0.717) is 24.2 Å². The molecule has 1 fully saturated rings. The molecule has 2 aromatic heterocycles. The molecule has 1 aliphatic rings. The number of aromatic amines is 2. The first-order chi connectivity index (χ1) is 21.7. The van der Waals surface area contributed by atoms with Crippen LogP contribution in [-0.2, 0) is 41.0 Å². The molecule has 50 heavy (non-hydrogen) atoms. The van der Waals surface area contributed by atoms with Gasteiger partial charge in [0.15, 0.2) is 0 Å². The van der Waals surface area contributed by atoms with Gasteiger partial charge in [-0.3, -0.25) is 9.98 Å². The van der Waals surface area contributed by atoms with Crippen LogP contribution >= 0.6 is 0 Å². The molecule has 1 aliphatic carbocycles. The Morgan fingerprint density at radius 3 is 1.34 bits per heavy atom. The molecule has 8 nitrogen and oxygen atoms in total. The van der Waals surface area contributed by atoms with Crippen LogP contribution in [0.2, 0.25) is 0 Å². The summed E-state index contributed by atoms with van der Waals surface area (Å²) >= 11 is 0. The molecule has 1 radical (unpaired) electrons. The first-order valence-electron chi connectivity index (χ1n) is 16.5. The standard InChI is InChI=1S/C38H50N6O2.3ClH.Fe/c1-25-39-13-15-43(25)23-27-17-29(35(45)31(19-27)37(3,4)5)21-41-33-11-9-10-12-34(33)42-22-30-18-28(24-44-16-14-40-26(44)2)20-32(36(30)46)38(6,7)8;;;;/h13-22,33-34H,9-12,23-24H2,1-8H3,(H2,41,42,45,46);3*1H;/q;;;;+3/p-3. The molecule has 0 saturated heterocycles. The number of rotatable bonds is 8. The number of nitrogens with zero attached hydrogens (tertiary/aromatic N) is 4. The zero-order valence-electron chi connectivity index (χ0n) is 30.3. The van der Waals surface area contributed by atoms with Gasteiger partial charge in [-0.25, -0.2) is 19.1 Å². The van der Waals surface area contributed by atoms with Crippen LogP contribution in [0.3, 0.4) is 0 Å². The van der Waals surface area contributed by atoms with Crippen molar-refractivity contribution in [1.82, 2.24) is 9.97 Å². The maximum atomic E-state index is 13.6. The minimum atomic E-state index is -0.292. The van der Waals surface area contributed by atoms with Gasteiger partial charge in [0.1, 0.15) is 37.9 Å². The van der Waals surface area contributed by atoms with E-state index in [1.807, 2.05) is 62.9 Å². The van der Waals surface area contributed by atoms with E-state index in [4.69, 9.17) is 9.98 Å². The van der Waals surface area contributed by atoms with Crippen molar-refractivity contribution in [3.8, 4) is 11.5 Å². The minimum Gasteiger partial charge on any atom is -1.00 e. The van der Waals surface area contributed by atoms with E-state index in [1.165, 1.54) is 0 Å². The number of aromatic nitrogens is 4. The fourth-order valence-corrected chi connectivity index (χ4v) is 6.33. The molecule has 12 heteroatoms. The summed E-state index contributed by atoms with van der Waals surface area (Å²) in [6.45, 7) is 17.9. The van der Waals surface area contributed by atoms with Gasteiger partial charge in [-0.2, -0.15) is 0 Å². The van der Waals surface area contributed by atoms with Crippen LogP contribution in [-0.4, -0.2) is 34.5 Å². The van der Waals surface area contributed by atoms with Gasteiger partial charge < -0.3 is 47.4 Å². The topological polar surface area (TPSA) is 110 Å². The average Bonchev–Trinajstić information content (AvgIpc) is 3.58. The van der Waals surface area contributed by atoms with E-state index in [0.717, 1.165) is 59.6 Å². The third kappa shape index (κ3) is 10.8. The first kappa shape index (κ1) is 45.2. The molecular formula is C38H50Cl3FeN6O2. The van der Waals surface area contributed by atoms with Crippen LogP contribution in [0.15, 0.2) is 59.0 Å². The Kier molecular flexibility index (Phi) is 16.8. The van der Waals surface area contributed by atoms with Gasteiger partial charge in [0.05, 0.1) is 12.1 Å². The molecule has 2 atom stereocenters. The molecule has 5 rings (SSSR count). The van der Waals surface area contributed by atoms with Gasteiger partial charge in [-0.05, 0) is 69.2 Å². The number of hydrogen-bond donors (Lipinski definition) is 2. The predicted octanol–water partition coefficient (Wildman–Crippen LogP) is -3.77. The molecule has 2 unspecified atom stereocenters. The molecule has 2 N–H and O–H groups in total. The Labute approximate surface area is 327 Å². The van der Waals surface area contributed by atoms with E-state index in [-0.39, 0.29) is 88.7 Å². The number of hydrogen-bond acceptors (Lipinski definition) is 4. The Hall–Kier alpha value is -2.81. The van der Waals surface area contributed by atoms with Crippen molar-refractivity contribution in [3.05, 3.63) is 94.1 Å². The molecule has 2 aromatic carbocycles. The van der Waals surface area contributed by atoms with Gasteiger partial charge >= 0.3 is 17.1 Å². The molecule has 0 amide bonds. The maximum absolute atomic E-state index is 13.6. The first-order valence-corrected chi connectivity index (χ1v) is 16.5. The van der Waals surface area contributed by atoms with Crippen molar-refractivity contribution in [1.29, 1.82) is 0 Å². The summed E-state index contributed by atoms with van der Waals surface area (Å²) in [6, 6.07) is 7.95. The summed E-state index contributed by atoms with van der Waals surface area (Å²) in [7, 11) is 0. The third-order valence-electron chi connectivity index (χ3n) is 9.14. The smallest absolute Gasteiger partial charge is 1.00 e. The van der Waals surface area contributed by atoms with E-state index < -0.39 is 0 Å². The van der Waals surface area contributed by atoms with E-state index in [2.05, 4.69) is 60.6 Å². The van der Waals surface area contributed by atoms with Gasteiger partial charge in [-0.1, -0.05) is 78.0 Å². The largest absolute Gasteiger partial charge is 3.00 e. The fourth-order valence-electron chi connectivity index (χ4n) is 6.33. The second-order valence-corrected chi connectivity index (χ2v) is 14.9. The van der Waals surface area contributed by atoms with E-state index in [1.54, 1.807) is 12.4 Å². The molecule has 4 aromatic rings. The number of H-pyrrole nitrogens is 2. The number of aryl methyl sites for hydroxylation is 2. The molecular weight excluding hydrogens is 735 g/mol. The number of imidazole rings is 2. The van der Waals surface area contributed by atoms with Crippen molar-refractivity contribution in [2.45, 2.75) is 117 Å². The van der Waals surface area contributed by atoms with Crippen LogP contribution in [0.1, 0.15) is 112 Å². The van der Waals surface area contributed by atoms with Crippen molar-refractivity contribution >= 4 is 12.4 Å². The molecule has 1 saturated carbocycles. The average molecular weight is 785 g/mol. The summed E-state index contributed by atoms with van der Waals surface area (Å²) in [5.74, 6) is 2.18. The quantitative estimate of drug-likeness (QED) is 0.109. The third-order valence-corrected chi connectivity index (χ3v) is 9.14. The molecule has 0 bridgehead atoms. The van der Waals surface area contributed by atoms with Gasteiger partial charge in [0.2, 0.25) is 0 Å². The predicted molar refractivity (Wildman–Crippen MR) is 180 cm³/mol. The van der Waals surface area contributed by atoms with Crippen LogP contribution < -0.4 is 56.6 Å². The zero-order chi connectivity index (χ0) is 33.2. The fraction of sp³-hybridized carbons (Fsp3) is 0.474. The maximum Gasteiger partial charge on any atom is 3.00 e. The minimum absolute atomic E-state index is 0. The SMILES string of the molecule is Cc1[nH]cc[n+]1Cc1cc(C=NC2CCCCC2N=Cc2cc(C[n+]3cc[nH]c3C)cc(C(C)(C)C)c2[O-])c([O-])c(C(C)(C)C)c1.[Cl-].[Cl-].[Cl-].[Fe+3]. The normalized spacial score (nSPS) is 16.4. The summed E-state index contributed by atoms with van der Waals surface area (Å²) in [4.78, 5) is 16.5. The molecule has 0 spiro atoms. The van der Waals surface area contributed by atoms with Crippen molar-refractivity contribution in [3.63, 3.8) is 0 Å². The van der Waals surface area contributed by atoms with Crippen LogP contribution in [0.25, 0.3) is 0 Å². The summed E-state index contributed by atoms with van der Waals surface area (Å²) in [5.41, 5.74) is 4.38. The van der Waals surface area contributed by atoms with Crippen LogP contribution in [0.5, 0.6) is 11.5 Å². The van der Waals surface area contributed by atoms with Crippen LogP contribution in [0, 0.1) is 13.8 Å². The summed E-state index contributed by atoms with van der Waals surface area (Å²) in [6.07, 6.45) is 15.4. The Morgan fingerprint density at radius 1 is 0.680 bits per heavy atom. The van der Waals surface area contributed by atoms with Crippen molar-refractivity contribution in [2.75, 3.05) is 0 Å². The molecule has 0 aliphatic heterocycles. The molecule has 2 heterocycles. The number of nitrogens with one attached hydrogen (secondary N) is 2. The van der Waals surface area contributed by atoms with E-state index >= 15 is 0 Å². The number of benzene rings is 2. The monoisotopic (exact) mass is 783 g/mol. The Balaban J connectivity index is 0.00000312. The van der Waals surface area contributed by atoms with Gasteiger partial charge in [-0.15, -0.1) is 0 Å². The van der Waals surface area contributed by atoms with Crippen molar-refractivity contribution < 1.29 is 73.6 Å².